The summed E-state index contributed by atoms with van der Waals surface area (Å²) in [4.78, 5) is 23.3. The van der Waals surface area contributed by atoms with Gasteiger partial charge in [0.05, 0.1) is 19.6 Å². The summed E-state index contributed by atoms with van der Waals surface area (Å²) < 4.78 is 5.35. The number of carbonyl (C=O) groups is 1. The summed E-state index contributed by atoms with van der Waals surface area (Å²) in [6, 6.07) is 0. The zero-order valence-electron chi connectivity index (χ0n) is 14.6. The van der Waals surface area contributed by atoms with Gasteiger partial charge in [0.2, 0.25) is 0 Å². The Balaban J connectivity index is 2.30. The molecule has 2 heterocycles. The average molecular weight is 338 g/mol. The van der Waals surface area contributed by atoms with Crippen molar-refractivity contribution in [3.63, 3.8) is 0 Å². The van der Waals surface area contributed by atoms with Gasteiger partial charge in [0, 0.05) is 12.6 Å². The third-order valence-electron chi connectivity index (χ3n) is 3.51. The van der Waals surface area contributed by atoms with E-state index in [2.05, 4.69) is 20.3 Å². The second kappa shape index (κ2) is 9.22. The van der Waals surface area contributed by atoms with Crippen molar-refractivity contribution in [1.29, 1.82) is 0 Å². The minimum atomic E-state index is -0.285. The molecule has 0 saturated carbocycles. The molecule has 0 atom stereocenters. The van der Waals surface area contributed by atoms with Crippen LogP contribution in [0.5, 0.6) is 0 Å². The molecule has 0 fully saturated rings. The first-order valence-corrected chi connectivity index (χ1v) is 7.92. The minimum absolute atomic E-state index is 0.285. The Kier molecular flexibility index (Phi) is 6.71. The van der Waals surface area contributed by atoms with E-state index in [0.717, 1.165) is 11.1 Å². The van der Waals surface area contributed by atoms with E-state index in [-0.39, 0.29) is 5.91 Å². The number of hydrogen-bond donors (Lipinski definition) is 2. The van der Waals surface area contributed by atoms with Gasteiger partial charge in [0.1, 0.15) is 17.3 Å². The number of methoxy groups -OCH3 is 1. The first kappa shape index (κ1) is 18.2. The van der Waals surface area contributed by atoms with Crippen molar-refractivity contribution in [2.24, 2.45) is 4.99 Å². The van der Waals surface area contributed by atoms with Gasteiger partial charge in [-0.1, -0.05) is 18.2 Å². The van der Waals surface area contributed by atoms with Gasteiger partial charge in [-0.25, -0.2) is 9.98 Å². The zero-order chi connectivity index (χ0) is 18.1. The van der Waals surface area contributed by atoms with E-state index in [9.17, 15) is 4.79 Å². The first-order chi connectivity index (χ1) is 12.1. The summed E-state index contributed by atoms with van der Waals surface area (Å²) in [5, 5.41) is 2.80. The van der Waals surface area contributed by atoms with Crippen molar-refractivity contribution in [3.05, 3.63) is 77.8 Å². The number of ether oxygens (including phenoxy) is 1. The van der Waals surface area contributed by atoms with E-state index in [0.29, 0.717) is 23.7 Å². The van der Waals surface area contributed by atoms with Gasteiger partial charge in [-0.05, 0) is 43.2 Å². The smallest absolute Gasteiger partial charge is 0.274 e. The number of amidine groups is 1. The number of H-pyrrole nitrogens is 1. The molecule has 2 N–H and O–H groups in total. The number of aromatic nitrogens is 2. The zero-order valence-corrected chi connectivity index (χ0v) is 14.6. The molecule has 2 rings (SSSR count). The molecule has 0 saturated heterocycles. The quantitative estimate of drug-likeness (QED) is 0.826. The van der Waals surface area contributed by atoms with E-state index < -0.39 is 0 Å². The number of amides is 1. The Morgan fingerprint density at radius 3 is 2.92 bits per heavy atom. The lowest BCUT2D eigenvalue weighted by Gasteiger charge is -2.05. The average Bonchev–Trinajstić information content (AvgIpc) is 3.17. The number of aromatic amines is 1. The van der Waals surface area contributed by atoms with Crippen molar-refractivity contribution in [3.8, 4) is 0 Å². The summed E-state index contributed by atoms with van der Waals surface area (Å²) >= 11 is 0. The van der Waals surface area contributed by atoms with Crippen LogP contribution in [-0.2, 0) is 4.74 Å². The SMILES string of the molecule is C\C=C/C=C(C)/C1=C\N=C(NC(=O)c2cnc[nH]2)C\C=C(OC)\C=C\1. The van der Waals surface area contributed by atoms with Gasteiger partial charge >= 0.3 is 0 Å². The molecule has 1 aliphatic rings. The molecule has 0 aliphatic carbocycles. The second-order valence-corrected chi connectivity index (χ2v) is 5.30. The van der Waals surface area contributed by atoms with Gasteiger partial charge in [0.15, 0.2) is 0 Å². The fraction of sp³-hybridized carbons (Fsp3) is 0.211. The van der Waals surface area contributed by atoms with E-state index in [1.165, 1.54) is 12.5 Å². The molecule has 130 valence electrons. The minimum Gasteiger partial charge on any atom is -0.497 e. The molecule has 6 nitrogen and oxygen atoms in total. The third kappa shape index (κ3) is 5.46. The molecule has 1 amide bonds. The van der Waals surface area contributed by atoms with Gasteiger partial charge in [-0.3, -0.25) is 4.79 Å². The molecule has 6 heteroatoms. The molecule has 0 aromatic carbocycles. The third-order valence-corrected chi connectivity index (χ3v) is 3.51. The summed E-state index contributed by atoms with van der Waals surface area (Å²) in [6.07, 6.45) is 16.7. The maximum absolute atomic E-state index is 12.2. The molecule has 0 bridgehead atoms. The van der Waals surface area contributed by atoms with Crippen LogP contribution in [0.1, 0.15) is 30.8 Å². The van der Waals surface area contributed by atoms with Crippen LogP contribution in [-0.4, -0.2) is 28.8 Å². The lowest BCUT2D eigenvalue weighted by Crippen LogP contribution is -2.30. The lowest BCUT2D eigenvalue weighted by molar-refractivity contribution is 0.0972. The van der Waals surface area contributed by atoms with E-state index in [1.807, 2.05) is 50.3 Å². The van der Waals surface area contributed by atoms with Crippen molar-refractivity contribution < 1.29 is 9.53 Å². The Morgan fingerprint density at radius 2 is 2.24 bits per heavy atom. The normalized spacial score (nSPS) is 21.1. The van der Waals surface area contributed by atoms with Crippen LogP contribution >= 0.6 is 0 Å². The fourth-order valence-electron chi connectivity index (χ4n) is 2.06. The van der Waals surface area contributed by atoms with Crippen molar-refractivity contribution >= 4 is 11.7 Å². The largest absolute Gasteiger partial charge is 0.497 e. The van der Waals surface area contributed by atoms with Crippen molar-refractivity contribution in [2.45, 2.75) is 20.3 Å². The number of allylic oxidation sites excluding steroid dienone is 7. The predicted octanol–water partition coefficient (Wildman–Crippen LogP) is 3.43. The predicted molar refractivity (Wildman–Crippen MR) is 99.0 cm³/mol. The highest BCUT2D eigenvalue weighted by atomic mass is 16.5. The fourth-order valence-corrected chi connectivity index (χ4v) is 2.06. The van der Waals surface area contributed by atoms with Crippen molar-refractivity contribution in [1.82, 2.24) is 15.3 Å². The number of aliphatic imine (C=N–C) groups is 1. The highest BCUT2D eigenvalue weighted by molar-refractivity contribution is 6.05. The summed E-state index contributed by atoms with van der Waals surface area (Å²) in [6.45, 7) is 3.97. The summed E-state index contributed by atoms with van der Waals surface area (Å²) in [5.74, 6) is 0.941. The van der Waals surface area contributed by atoms with Crippen LogP contribution in [0.25, 0.3) is 0 Å². The van der Waals surface area contributed by atoms with Crippen molar-refractivity contribution in [2.75, 3.05) is 7.11 Å². The van der Waals surface area contributed by atoms with Crippen LogP contribution in [0.2, 0.25) is 0 Å². The lowest BCUT2D eigenvalue weighted by atomic mass is 10.1. The molecule has 1 aliphatic heterocycles. The number of imidazole rings is 1. The molecule has 1 aromatic rings. The summed E-state index contributed by atoms with van der Waals surface area (Å²) in [5.41, 5.74) is 2.36. The molecule has 1 aromatic heterocycles. The number of nitrogens with one attached hydrogen (secondary N) is 2. The summed E-state index contributed by atoms with van der Waals surface area (Å²) in [7, 11) is 1.61. The van der Waals surface area contributed by atoms with E-state index in [4.69, 9.17) is 4.74 Å². The maximum atomic E-state index is 12.2. The molecular weight excluding hydrogens is 316 g/mol. The topological polar surface area (TPSA) is 79.4 Å². The van der Waals surface area contributed by atoms with E-state index >= 15 is 0 Å². The van der Waals surface area contributed by atoms with Crippen LogP contribution in [0.3, 0.4) is 0 Å². The Hall–Kier alpha value is -3.15. The van der Waals surface area contributed by atoms with Gasteiger partial charge in [0.25, 0.3) is 5.91 Å². The standard InChI is InChI=1S/C19H22N4O2/c1-4-5-6-14(2)15-7-8-16(25-3)9-10-18(21-11-15)23-19(24)17-12-20-13-22-17/h4-9,11-13H,10H2,1-3H3,(H,20,22)(H,21,23,24)/b5-4-,8-7+,14-6+,15-11-,16-9-. The number of nitrogens with zero attached hydrogens (tertiary/aromatic N) is 2. The number of rotatable bonds is 4. The van der Waals surface area contributed by atoms with E-state index in [1.54, 1.807) is 13.3 Å². The van der Waals surface area contributed by atoms with Crippen LogP contribution in [0.4, 0.5) is 0 Å². The maximum Gasteiger partial charge on any atom is 0.274 e. The number of hydrogen-bond acceptors (Lipinski definition) is 4. The number of carbonyl (C=O) groups excluding carboxylic acids is 1. The Morgan fingerprint density at radius 1 is 1.40 bits per heavy atom. The Bertz CT molecular complexity index is 778. The van der Waals surface area contributed by atoms with Gasteiger partial charge in [-0.2, -0.15) is 0 Å². The first-order valence-electron chi connectivity index (χ1n) is 7.92. The second-order valence-electron chi connectivity index (χ2n) is 5.30. The molecule has 0 spiro atoms. The van der Waals surface area contributed by atoms with Gasteiger partial charge < -0.3 is 15.0 Å². The highest BCUT2D eigenvalue weighted by Crippen LogP contribution is 2.15. The highest BCUT2D eigenvalue weighted by Gasteiger charge is 2.10. The Labute approximate surface area is 147 Å². The monoisotopic (exact) mass is 338 g/mol. The van der Waals surface area contributed by atoms with Crippen LogP contribution < -0.4 is 5.32 Å². The molecule has 0 unspecified atom stereocenters. The molecule has 0 radical (unpaired) electrons. The van der Waals surface area contributed by atoms with Gasteiger partial charge in [-0.15, -0.1) is 0 Å². The molecular formula is C19H22N4O2. The molecule has 25 heavy (non-hydrogen) atoms. The van der Waals surface area contributed by atoms with Crippen LogP contribution in [0.15, 0.2) is 77.1 Å². The van der Waals surface area contributed by atoms with Crippen LogP contribution in [0, 0.1) is 0 Å².